The summed E-state index contributed by atoms with van der Waals surface area (Å²) in [7, 11) is 0. The van der Waals surface area contributed by atoms with Crippen LogP contribution in [-0.4, -0.2) is 11.0 Å². The number of amides is 1. The minimum Gasteiger partial charge on any atom is -0.507 e. The molecule has 21 heavy (non-hydrogen) atoms. The first-order valence-electron chi connectivity index (χ1n) is 6.44. The molecule has 2 aromatic carbocycles. The van der Waals surface area contributed by atoms with E-state index in [-0.39, 0.29) is 23.5 Å². The number of hydrogen-bond acceptors (Lipinski definition) is 2. The van der Waals surface area contributed by atoms with Gasteiger partial charge in [-0.1, -0.05) is 12.1 Å². The molecule has 0 heterocycles. The van der Waals surface area contributed by atoms with Gasteiger partial charge in [-0.25, -0.2) is 4.39 Å². The molecule has 2 rings (SSSR count). The average molecular weight is 352 g/mol. The van der Waals surface area contributed by atoms with Gasteiger partial charge in [0.1, 0.15) is 11.6 Å². The van der Waals surface area contributed by atoms with Crippen LogP contribution < -0.4 is 5.32 Å². The smallest absolute Gasteiger partial charge is 0.251 e. The van der Waals surface area contributed by atoms with E-state index in [1.54, 1.807) is 38.1 Å². The highest BCUT2D eigenvalue weighted by Gasteiger charge is 2.13. The number of aromatic hydroxyl groups is 1. The predicted molar refractivity (Wildman–Crippen MR) is 82.8 cm³/mol. The molecule has 1 amide bonds. The molecule has 2 aromatic rings. The zero-order valence-corrected chi connectivity index (χ0v) is 13.2. The molecule has 1 atom stereocenters. The largest absolute Gasteiger partial charge is 0.507 e. The minimum atomic E-state index is -0.335. The van der Waals surface area contributed by atoms with Gasteiger partial charge in [0, 0.05) is 5.56 Å². The number of phenolic OH excluding ortho intramolecular Hbond substituents is 1. The number of rotatable bonds is 3. The number of aryl methyl sites for hydroxylation is 1. The molecule has 0 aliphatic rings. The van der Waals surface area contributed by atoms with Crippen LogP contribution in [0.25, 0.3) is 0 Å². The first-order valence-corrected chi connectivity index (χ1v) is 7.23. The van der Waals surface area contributed by atoms with Gasteiger partial charge >= 0.3 is 0 Å². The molecular formula is C16H15BrFNO2. The standard InChI is InChI=1S/C16H15BrFNO2/c1-9-3-4-11(7-14(9)18)10(2)19-16(21)12-5-6-13(17)15(20)8-12/h3-8,10,20H,1-2H3,(H,19,21). The lowest BCUT2D eigenvalue weighted by atomic mass is 10.1. The summed E-state index contributed by atoms with van der Waals surface area (Å²) >= 11 is 3.16. The quantitative estimate of drug-likeness (QED) is 0.874. The number of carbonyl (C=O) groups is 1. The normalized spacial score (nSPS) is 12.0. The summed E-state index contributed by atoms with van der Waals surface area (Å²) in [6, 6.07) is 9.11. The Bertz CT molecular complexity index is 688. The van der Waals surface area contributed by atoms with Gasteiger partial charge in [0.2, 0.25) is 0 Å². The number of benzene rings is 2. The molecular weight excluding hydrogens is 337 g/mol. The number of nitrogens with one attached hydrogen (secondary N) is 1. The lowest BCUT2D eigenvalue weighted by Gasteiger charge is -2.15. The van der Waals surface area contributed by atoms with Crippen molar-refractivity contribution in [1.29, 1.82) is 0 Å². The number of carbonyl (C=O) groups excluding carboxylic acids is 1. The van der Waals surface area contributed by atoms with Crippen molar-refractivity contribution in [3.8, 4) is 5.75 Å². The summed E-state index contributed by atoms with van der Waals surface area (Å²) < 4.78 is 14.1. The van der Waals surface area contributed by atoms with Gasteiger partial charge < -0.3 is 10.4 Å². The zero-order valence-electron chi connectivity index (χ0n) is 11.7. The Morgan fingerprint density at radius 2 is 2.00 bits per heavy atom. The van der Waals surface area contributed by atoms with Crippen LogP contribution in [-0.2, 0) is 0 Å². The third-order valence-electron chi connectivity index (χ3n) is 3.25. The maximum absolute atomic E-state index is 13.5. The van der Waals surface area contributed by atoms with Crippen molar-refractivity contribution < 1.29 is 14.3 Å². The van der Waals surface area contributed by atoms with Crippen LogP contribution in [0.1, 0.15) is 34.5 Å². The average Bonchev–Trinajstić information content (AvgIpc) is 2.44. The topological polar surface area (TPSA) is 49.3 Å². The SMILES string of the molecule is Cc1ccc(C(C)NC(=O)c2ccc(Br)c(O)c2)cc1F. The first kappa shape index (κ1) is 15.5. The van der Waals surface area contributed by atoms with Crippen molar-refractivity contribution in [1.82, 2.24) is 5.32 Å². The molecule has 0 saturated carbocycles. The lowest BCUT2D eigenvalue weighted by Crippen LogP contribution is -2.26. The molecule has 3 nitrogen and oxygen atoms in total. The van der Waals surface area contributed by atoms with E-state index in [0.29, 0.717) is 21.2 Å². The van der Waals surface area contributed by atoms with Crippen LogP contribution in [0.3, 0.4) is 0 Å². The fraction of sp³-hybridized carbons (Fsp3) is 0.188. The summed E-state index contributed by atoms with van der Waals surface area (Å²) in [5.74, 6) is -0.627. The molecule has 0 aliphatic carbocycles. The Morgan fingerprint density at radius 1 is 1.29 bits per heavy atom. The molecule has 0 fully saturated rings. The first-order chi connectivity index (χ1) is 9.88. The van der Waals surface area contributed by atoms with Gasteiger partial charge in [-0.15, -0.1) is 0 Å². The molecule has 0 radical (unpaired) electrons. The molecule has 110 valence electrons. The van der Waals surface area contributed by atoms with Gasteiger partial charge in [0.15, 0.2) is 0 Å². The number of phenols is 1. The molecule has 1 unspecified atom stereocenters. The Balaban J connectivity index is 2.14. The number of hydrogen-bond donors (Lipinski definition) is 2. The van der Waals surface area contributed by atoms with Crippen molar-refractivity contribution in [2.45, 2.75) is 19.9 Å². The molecule has 0 aliphatic heterocycles. The van der Waals surface area contributed by atoms with E-state index in [2.05, 4.69) is 21.2 Å². The Morgan fingerprint density at radius 3 is 2.62 bits per heavy atom. The molecule has 5 heteroatoms. The van der Waals surface area contributed by atoms with Crippen LogP contribution in [0.4, 0.5) is 4.39 Å². The molecule has 0 aromatic heterocycles. The fourth-order valence-electron chi connectivity index (χ4n) is 1.90. The second-order valence-corrected chi connectivity index (χ2v) is 5.72. The van der Waals surface area contributed by atoms with Crippen molar-refractivity contribution in [3.05, 3.63) is 63.4 Å². The van der Waals surface area contributed by atoms with Crippen LogP contribution in [0.2, 0.25) is 0 Å². The lowest BCUT2D eigenvalue weighted by molar-refractivity contribution is 0.0939. The maximum atomic E-state index is 13.5. The van der Waals surface area contributed by atoms with Crippen molar-refractivity contribution >= 4 is 21.8 Å². The van der Waals surface area contributed by atoms with Gasteiger partial charge in [-0.3, -0.25) is 4.79 Å². The maximum Gasteiger partial charge on any atom is 0.251 e. The summed E-state index contributed by atoms with van der Waals surface area (Å²) in [6.07, 6.45) is 0. The van der Waals surface area contributed by atoms with Gasteiger partial charge in [0.25, 0.3) is 5.91 Å². The van der Waals surface area contributed by atoms with E-state index >= 15 is 0 Å². The van der Waals surface area contributed by atoms with Crippen molar-refractivity contribution in [2.75, 3.05) is 0 Å². The van der Waals surface area contributed by atoms with Crippen molar-refractivity contribution in [3.63, 3.8) is 0 Å². The van der Waals surface area contributed by atoms with Crippen molar-refractivity contribution in [2.24, 2.45) is 0 Å². The zero-order chi connectivity index (χ0) is 15.6. The van der Waals surface area contributed by atoms with Crippen LogP contribution in [0, 0.1) is 12.7 Å². The van der Waals surface area contributed by atoms with Crippen LogP contribution in [0.5, 0.6) is 5.75 Å². The molecule has 0 bridgehead atoms. The van der Waals surface area contributed by atoms with E-state index in [9.17, 15) is 14.3 Å². The van der Waals surface area contributed by atoms with E-state index in [0.717, 1.165) is 0 Å². The Hall–Kier alpha value is -1.88. The number of halogens is 2. The predicted octanol–water partition coefficient (Wildman–Crippen LogP) is 4.09. The van der Waals surface area contributed by atoms with Gasteiger partial charge in [-0.05, 0) is 65.2 Å². The third-order valence-corrected chi connectivity index (χ3v) is 3.92. The Labute approximate surface area is 130 Å². The monoisotopic (exact) mass is 351 g/mol. The fourth-order valence-corrected chi connectivity index (χ4v) is 2.14. The highest BCUT2D eigenvalue weighted by molar-refractivity contribution is 9.10. The van der Waals surface area contributed by atoms with Gasteiger partial charge in [0.05, 0.1) is 10.5 Å². The van der Waals surface area contributed by atoms with E-state index in [1.807, 2.05) is 0 Å². The molecule has 0 spiro atoms. The highest BCUT2D eigenvalue weighted by Crippen LogP contribution is 2.24. The van der Waals surface area contributed by atoms with Crippen LogP contribution >= 0.6 is 15.9 Å². The second-order valence-electron chi connectivity index (χ2n) is 4.87. The summed E-state index contributed by atoms with van der Waals surface area (Å²) in [5.41, 5.74) is 1.60. The highest BCUT2D eigenvalue weighted by atomic mass is 79.9. The van der Waals surface area contributed by atoms with E-state index < -0.39 is 0 Å². The van der Waals surface area contributed by atoms with Gasteiger partial charge in [-0.2, -0.15) is 0 Å². The summed E-state index contributed by atoms with van der Waals surface area (Å²) in [6.45, 7) is 3.47. The summed E-state index contributed by atoms with van der Waals surface area (Å²) in [4.78, 5) is 12.1. The summed E-state index contributed by atoms with van der Waals surface area (Å²) in [5, 5.41) is 12.4. The van der Waals surface area contributed by atoms with E-state index in [4.69, 9.17) is 0 Å². The molecule has 2 N–H and O–H groups in total. The van der Waals surface area contributed by atoms with Crippen LogP contribution in [0.15, 0.2) is 40.9 Å². The third kappa shape index (κ3) is 3.61. The van der Waals surface area contributed by atoms with E-state index in [1.165, 1.54) is 12.1 Å². The Kier molecular flexibility index (Phi) is 4.63. The molecule has 0 saturated heterocycles. The second kappa shape index (κ2) is 6.26. The minimum absolute atomic E-state index is 0.00307.